The second-order valence-corrected chi connectivity index (χ2v) is 4.16. The number of hydrogen-bond donors (Lipinski definition) is 0. The lowest BCUT2D eigenvalue weighted by Crippen LogP contribution is -2.19. The van der Waals surface area contributed by atoms with Crippen molar-refractivity contribution in [3.8, 4) is 0 Å². The summed E-state index contributed by atoms with van der Waals surface area (Å²) in [4.78, 5) is 0. The smallest absolute Gasteiger partial charge is 0.00905 e. The van der Waals surface area contributed by atoms with E-state index < -0.39 is 0 Å². The minimum Gasteiger partial charge on any atom is -0.0879 e. The highest BCUT2D eigenvalue weighted by molar-refractivity contribution is 5.46. The van der Waals surface area contributed by atoms with Crippen molar-refractivity contribution < 1.29 is 0 Å². The van der Waals surface area contributed by atoms with Crippen molar-refractivity contribution in [2.24, 2.45) is 11.8 Å². The molecule has 0 heterocycles. The highest BCUT2D eigenvalue weighted by Crippen LogP contribution is 2.41. The fourth-order valence-electron chi connectivity index (χ4n) is 2.74. The predicted octanol–water partition coefficient (Wildman–Crippen LogP) is 3.40. The van der Waals surface area contributed by atoms with Gasteiger partial charge in [-0.3, -0.25) is 0 Å². The van der Waals surface area contributed by atoms with Crippen LogP contribution in [0, 0.1) is 11.8 Å². The molecule has 0 saturated carbocycles. The topological polar surface area (TPSA) is 0 Å². The van der Waals surface area contributed by atoms with Crippen molar-refractivity contribution in [1.29, 1.82) is 0 Å². The van der Waals surface area contributed by atoms with Gasteiger partial charge in [-0.1, -0.05) is 42.0 Å². The van der Waals surface area contributed by atoms with E-state index in [2.05, 4.69) is 36.5 Å². The van der Waals surface area contributed by atoms with Crippen LogP contribution < -0.4 is 0 Å². The number of fused-ring (bicyclic) bond motifs is 2. The van der Waals surface area contributed by atoms with Crippen LogP contribution in [-0.2, 0) is 0 Å². The molecular formula is C13H14. The minimum absolute atomic E-state index is 0.795. The van der Waals surface area contributed by atoms with Gasteiger partial charge in [-0.05, 0) is 36.7 Å². The molecule has 66 valence electrons. The molecular weight excluding hydrogens is 156 g/mol. The molecule has 3 rings (SSSR count). The van der Waals surface area contributed by atoms with Crippen molar-refractivity contribution in [2.75, 3.05) is 0 Å². The summed E-state index contributed by atoms with van der Waals surface area (Å²) >= 11 is 0. The Kier molecular flexibility index (Phi) is 1.55. The Bertz CT molecular complexity index is 339. The van der Waals surface area contributed by atoms with Crippen molar-refractivity contribution in [3.63, 3.8) is 0 Å². The first kappa shape index (κ1) is 7.37. The van der Waals surface area contributed by atoms with Gasteiger partial charge in [0.15, 0.2) is 0 Å². The van der Waals surface area contributed by atoms with Gasteiger partial charge in [0.2, 0.25) is 0 Å². The zero-order valence-corrected chi connectivity index (χ0v) is 7.74. The van der Waals surface area contributed by atoms with E-state index in [0.717, 1.165) is 11.8 Å². The van der Waals surface area contributed by atoms with Gasteiger partial charge in [0.25, 0.3) is 0 Å². The Morgan fingerprint density at radius 1 is 1.00 bits per heavy atom. The Hall–Kier alpha value is -1.04. The molecule has 3 aliphatic rings. The van der Waals surface area contributed by atoms with Gasteiger partial charge in [0, 0.05) is 0 Å². The lowest BCUT2D eigenvalue weighted by molar-refractivity contribution is 0.431. The molecule has 0 aromatic rings. The first-order chi connectivity index (χ1) is 6.45. The Balaban J connectivity index is 1.99. The van der Waals surface area contributed by atoms with E-state index in [1.165, 1.54) is 24.8 Å². The summed E-state index contributed by atoms with van der Waals surface area (Å²) in [6.45, 7) is 0. The number of rotatable bonds is 0. The van der Waals surface area contributed by atoms with Gasteiger partial charge >= 0.3 is 0 Å². The zero-order chi connectivity index (χ0) is 8.67. The maximum Gasteiger partial charge on any atom is -0.00905 e. The molecule has 0 spiro atoms. The molecule has 0 nitrogen and oxygen atoms in total. The Morgan fingerprint density at radius 3 is 2.92 bits per heavy atom. The molecule has 0 bridgehead atoms. The number of hydrogen-bond acceptors (Lipinski definition) is 0. The average molecular weight is 170 g/mol. The van der Waals surface area contributed by atoms with E-state index in [1.807, 2.05) is 0 Å². The summed E-state index contributed by atoms with van der Waals surface area (Å²) in [7, 11) is 0. The molecule has 0 aromatic carbocycles. The van der Waals surface area contributed by atoms with Crippen LogP contribution in [0.4, 0.5) is 0 Å². The summed E-state index contributed by atoms with van der Waals surface area (Å²) in [5.74, 6) is 1.61. The lowest BCUT2D eigenvalue weighted by Gasteiger charge is -2.31. The summed E-state index contributed by atoms with van der Waals surface area (Å²) in [5.41, 5.74) is 3.19. The fourth-order valence-corrected chi connectivity index (χ4v) is 2.74. The molecule has 2 atom stereocenters. The molecule has 0 fully saturated rings. The van der Waals surface area contributed by atoms with Crippen molar-refractivity contribution >= 4 is 0 Å². The molecule has 13 heavy (non-hydrogen) atoms. The molecule has 0 aromatic heterocycles. The molecule has 0 N–H and O–H groups in total. The number of allylic oxidation sites excluding steroid dienone is 8. The van der Waals surface area contributed by atoms with Gasteiger partial charge in [-0.15, -0.1) is 0 Å². The van der Waals surface area contributed by atoms with E-state index in [1.54, 1.807) is 5.57 Å². The maximum atomic E-state index is 2.41. The highest BCUT2D eigenvalue weighted by Gasteiger charge is 2.28. The molecule has 3 aliphatic carbocycles. The first-order valence-corrected chi connectivity index (χ1v) is 5.18. The van der Waals surface area contributed by atoms with Gasteiger partial charge in [0.05, 0.1) is 0 Å². The largest absolute Gasteiger partial charge is 0.0879 e. The standard InChI is InChI=1S/C13H14/c1-2-6-12-10(4-1)8-9-11-5-3-7-13(11)12/h1-3,5,8-10,12H,4,6-7H2. The third-order valence-corrected chi connectivity index (χ3v) is 3.46. The minimum atomic E-state index is 0.795. The third kappa shape index (κ3) is 1.05. The summed E-state index contributed by atoms with van der Waals surface area (Å²) in [6, 6.07) is 0. The normalized spacial score (nSPS) is 35.1. The SMILES string of the molecule is C1=CC2=C(C1)C1CC=CCC1C=C2. The van der Waals surface area contributed by atoms with Crippen molar-refractivity contribution in [3.05, 3.63) is 47.6 Å². The monoisotopic (exact) mass is 170 g/mol. The van der Waals surface area contributed by atoms with Crippen LogP contribution in [0.1, 0.15) is 19.3 Å². The molecule has 0 saturated heterocycles. The van der Waals surface area contributed by atoms with Gasteiger partial charge in [0.1, 0.15) is 0 Å². The maximum absolute atomic E-state index is 2.41. The zero-order valence-electron chi connectivity index (χ0n) is 7.74. The van der Waals surface area contributed by atoms with Crippen LogP contribution in [0.25, 0.3) is 0 Å². The van der Waals surface area contributed by atoms with Gasteiger partial charge in [-0.2, -0.15) is 0 Å². The summed E-state index contributed by atoms with van der Waals surface area (Å²) in [5, 5.41) is 0. The van der Waals surface area contributed by atoms with Crippen LogP contribution in [0.15, 0.2) is 47.6 Å². The van der Waals surface area contributed by atoms with Crippen LogP contribution in [0.2, 0.25) is 0 Å². The van der Waals surface area contributed by atoms with Crippen LogP contribution >= 0.6 is 0 Å². The second kappa shape index (κ2) is 2.73. The molecule has 0 heteroatoms. The van der Waals surface area contributed by atoms with E-state index in [9.17, 15) is 0 Å². The quantitative estimate of drug-likeness (QED) is 0.489. The fraction of sp³-hybridized carbons (Fsp3) is 0.385. The van der Waals surface area contributed by atoms with Crippen molar-refractivity contribution in [1.82, 2.24) is 0 Å². The Labute approximate surface area is 79.3 Å². The predicted molar refractivity (Wildman–Crippen MR) is 55.3 cm³/mol. The van der Waals surface area contributed by atoms with E-state index >= 15 is 0 Å². The average Bonchev–Trinajstić information content (AvgIpc) is 2.65. The van der Waals surface area contributed by atoms with Crippen molar-refractivity contribution in [2.45, 2.75) is 19.3 Å². The molecule has 2 unspecified atom stereocenters. The second-order valence-electron chi connectivity index (χ2n) is 4.16. The van der Waals surface area contributed by atoms with E-state index in [-0.39, 0.29) is 0 Å². The first-order valence-electron chi connectivity index (χ1n) is 5.18. The molecule has 0 radical (unpaired) electrons. The summed E-state index contributed by atoms with van der Waals surface area (Å²) in [6.07, 6.45) is 17.7. The van der Waals surface area contributed by atoms with Gasteiger partial charge in [-0.25, -0.2) is 0 Å². The lowest BCUT2D eigenvalue weighted by atomic mass is 9.74. The van der Waals surface area contributed by atoms with Crippen LogP contribution in [0.3, 0.4) is 0 Å². The third-order valence-electron chi connectivity index (χ3n) is 3.46. The van der Waals surface area contributed by atoms with E-state index in [4.69, 9.17) is 0 Å². The molecule has 0 aliphatic heterocycles. The highest BCUT2D eigenvalue weighted by atomic mass is 14.3. The van der Waals surface area contributed by atoms with Crippen LogP contribution in [0.5, 0.6) is 0 Å². The van der Waals surface area contributed by atoms with E-state index in [0.29, 0.717) is 0 Å². The molecule has 0 amide bonds. The summed E-state index contributed by atoms with van der Waals surface area (Å²) < 4.78 is 0. The van der Waals surface area contributed by atoms with Gasteiger partial charge < -0.3 is 0 Å². The Morgan fingerprint density at radius 2 is 1.92 bits per heavy atom. The van der Waals surface area contributed by atoms with Crippen LogP contribution in [-0.4, -0.2) is 0 Å².